The Kier molecular flexibility index (Phi) is 4.95. The molecule has 0 aromatic heterocycles. The number of carbonyl (C=O) groups excluding carboxylic acids is 1. The van der Waals surface area contributed by atoms with Gasteiger partial charge in [-0.15, -0.1) is 0 Å². The third kappa shape index (κ3) is 3.43. The molecule has 1 heterocycles. The van der Waals surface area contributed by atoms with Crippen molar-refractivity contribution >= 4 is 21.6 Å². The van der Waals surface area contributed by atoms with Gasteiger partial charge in [0.2, 0.25) is 15.9 Å². The maximum absolute atomic E-state index is 14.3. The van der Waals surface area contributed by atoms with Crippen LogP contribution in [-0.4, -0.2) is 44.9 Å². The third-order valence-electron chi connectivity index (χ3n) is 5.29. The number of amides is 1. The Morgan fingerprint density at radius 2 is 1.75 bits per heavy atom. The molecule has 1 saturated heterocycles. The van der Waals surface area contributed by atoms with E-state index in [-0.39, 0.29) is 37.9 Å². The van der Waals surface area contributed by atoms with Crippen LogP contribution in [0.1, 0.15) is 18.4 Å². The third-order valence-corrected chi connectivity index (χ3v) is 7.20. The van der Waals surface area contributed by atoms with E-state index in [1.165, 1.54) is 16.4 Å². The van der Waals surface area contributed by atoms with Crippen LogP contribution in [0.2, 0.25) is 0 Å². The molecule has 0 atom stereocenters. The average Bonchev–Trinajstić information content (AvgIpc) is 3.53. The van der Waals surface area contributed by atoms with Crippen LogP contribution < -0.4 is 5.32 Å². The summed E-state index contributed by atoms with van der Waals surface area (Å²) in [4.78, 5) is 12.4. The lowest BCUT2D eigenvalue weighted by Gasteiger charge is -2.26. The molecule has 2 aromatic carbocycles. The number of carbonyl (C=O) groups is 1. The van der Waals surface area contributed by atoms with Gasteiger partial charge in [-0.1, -0.05) is 30.3 Å². The van der Waals surface area contributed by atoms with E-state index in [9.17, 15) is 17.6 Å². The lowest BCUT2D eigenvalue weighted by molar-refractivity contribution is -0.118. The Morgan fingerprint density at radius 3 is 2.39 bits per heavy atom. The number of ether oxygens (including phenoxy) is 1. The van der Waals surface area contributed by atoms with Crippen molar-refractivity contribution in [3.63, 3.8) is 0 Å². The molecular formula is C20H21FN2O4S. The lowest BCUT2D eigenvalue weighted by Crippen LogP contribution is -2.41. The smallest absolute Gasteiger partial charge is 0.246 e. The molecule has 1 N–H and O–H groups in total. The molecule has 0 unspecified atom stereocenters. The molecule has 6 nitrogen and oxygen atoms in total. The Labute approximate surface area is 163 Å². The first-order valence-electron chi connectivity index (χ1n) is 9.18. The molecule has 148 valence electrons. The quantitative estimate of drug-likeness (QED) is 0.831. The Hall–Kier alpha value is -2.29. The van der Waals surface area contributed by atoms with Gasteiger partial charge in [0, 0.05) is 18.8 Å². The van der Waals surface area contributed by atoms with Gasteiger partial charge in [-0.3, -0.25) is 4.79 Å². The number of benzene rings is 2. The number of rotatable bonds is 5. The molecule has 8 heteroatoms. The highest BCUT2D eigenvalue weighted by molar-refractivity contribution is 7.89. The predicted octanol–water partition coefficient (Wildman–Crippen LogP) is 2.52. The maximum Gasteiger partial charge on any atom is 0.246 e. The maximum atomic E-state index is 14.3. The van der Waals surface area contributed by atoms with Crippen LogP contribution in [0.3, 0.4) is 0 Å². The SMILES string of the molecule is O=C(Nc1ccc(F)c(S(=O)(=O)N2CCOCC2)c1)C1(c2ccccc2)CC1. The number of hydrogen-bond donors (Lipinski definition) is 1. The Bertz CT molecular complexity index is 985. The molecule has 0 spiro atoms. The first-order chi connectivity index (χ1) is 13.4. The minimum absolute atomic E-state index is 0.176. The molecule has 2 aliphatic rings. The van der Waals surface area contributed by atoms with Crippen LogP contribution in [0.25, 0.3) is 0 Å². The number of hydrogen-bond acceptors (Lipinski definition) is 4. The second kappa shape index (κ2) is 7.27. The Morgan fingerprint density at radius 1 is 1.07 bits per heavy atom. The molecule has 4 rings (SSSR count). The van der Waals surface area contributed by atoms with Gasteiger partial charge in [-0.2, -0.15) is 4.31 Å². The minimum atomic E-state index is -4.00. The average molecular weight is 404 g/mol. The van der Waals surface area contributed by atoms with Gasteiger partial charge in [-0.05, 0) is 36.6 Å². The van der Waals surface area contributed by atoms with Gasteiger partial charge >= 0.3 is 0 Å². The fourth-order valence-electron chi connectivity index (χ4n) is 3.48. The largest absolute Gasteiger partial charge is 0.379 e. The summed E-state index contributed by atoms with van der Waals surface area (Å²) in [6.45, 7) is 0.901. The zero-order valence-corrected chi connectivity index (χ0v) is 16.0. The van der Waals surface area contributed by atoms with Crippen molar-refractivity contribution in [3.05, 3.63) is 59.9 Å². The van der Waals surface area contributed by atoms with Gasteiger partial charge in [0.05, 0.1) is 18.6 Å². The molecule has 28 heavy (non-hydrogen) atoms. The Balaban J connectivity index is 1.58. The monoisotopic (exact) mass is 404 g/mol. The van der Waals surface area contributed by atoms with Crippen LogP contribution in [0.5, 0.6) is 0 Å². The summed E-state index contributed by atoms with van der Waals surface area (Å²) in [6.07, 6.45) is 1.45. The first-order valence-corrected chi connectivity index (χ1v) is 10.6. The van der Waals surface area contributed by atoms with E-state index in [1.54, 1.807) is 0 Å². The molecule has 1 amide bonds. The van der Waals surface area contributed by atoms with E-state index in [2.05, 4.69) is 5.32 Å². The molecule has 1 saturated carbocycles. The van der Waals surface area contributed by atoms with E-state index >= 15 is 0 Å². The molecule has 1 aliphatic heterocycles. The second-order valence-corrected chi connectivity index (χ2v) is 8.97. The summed E-state index contributed by atoms with van der Waals surface area (Å²) in [7, 11) is -4.00. The highest BCUT2D eigenvalue weighted by Crippen LogP contribution is 2.49. The van der Waals surface area contributed by atoms with E-state index in [1.807, 2.05) is 30.3 Å². The van der Waals surface area contributed by atoms with E-state index in [0.29, 0.717) is 0 Å². The summed E-state index contributed by atoms with van der Waals surface area (Å²) < 4.78 is 46.3. The van der Waals surface area contributed by atoms with Crippen LogP contribution in [-0.2, 0) is 25.0 Å². The number of nitrogens with zero attached hydrogens (tertiary/aromatic N) is 1. The highest BCUT2D eigenvalue weighted by atomic mass is 32.2. The summed E-state index contributed by atoms with van der Waals surface area (Å²) in [5.74, 6) is -1.05. The topological polar surface area (TPSA) is 75.7 Å². The van der Waals surface area contributed by atoms with E-state index < -0.39 is 26.2 Å². The van der Waals surface area contributed by atoms with E-state index in [4.69, 9.17) is 4.74 Å². The van der Waals surface area contributed by atoms with Crippen LogP contribution in [0, 0.1) is 5.82 Å². The molecule has 1 aliphatic carbocycles. The van der Waals surface area contributed by atoms with Gasteiger partial charge in [0.1, 0.15) is 10.7 Å². The number of halogens is 1. The van der Waals surface area contributed by atoms with Crippen LogP contribution in [0.4, 0.5) is 10.1 Å². The molecular weight excluding hydrogens is 383 g/mol. The summed E-state index contributed by atoms with van der Waals surface area (Å²) in [6, 6.07) is 13.1. The fraction of sp³-hybridized carbons (Fsp3) is 0.350. The lowest BCUT2D eigenvalue weighted by atomic mass is 9.95. The second-order valence-electron chi connectivity index (χ2n) is 7.06. The summed E-state index contributed by atoms with van der Waals surface area (Å²) >= 11 is 0. The van der Waals surface area contributed by atoms with Gasteiger partial charge in [0.15, 0.2) is 0 Å². The van der Waals surface area contributed by atoms with Crippen molar-refractivity contribution in [2.24, 2.45) is 0 Å². The van der Waals surface area contributed by atoms with Crippen molar-refractivity contribution in [2.75, 3.05) is 31.6 Å². The fourth-order valence-corrected chi connectivity index (χ4v) is 4.98. The van der Waals surface area contributed by atoms with Crippen LogP contribution in [0.15, 0.2) is 53.4 Å². The highest BCUT2D eigenvalue weighted by Gasteiger charge is 2.51. The standard InChI is InChI=1S/C20H21FN2O4S/c21-17-7-6-16(14-18(17)28(25,26)23-10-12-27-13-11-23)22-19(24)20(8-9-20)15-4-2-1-3-5-15/h1-7,14H,8-13H2,(H,22,24). The normalized spacial score (nSPS) is 19.2. The molecule has 2 fully saturated rings. The van der Waals surface area contributed by atoms with Crippen LogP contribution >= 0.6 is 0 Å². The zero-order valence-electron chi connectivity index (χ0n) is 15.2. The molecule has 0 radical (unpaired) electrons. The number of morpholine rings is 1. The minimum Gasteiger partial charge on any atom is -0.379 e. The number of anilines is 1. The van der Waals surface area contributed by atoms with Crippen molar-refractivity contribution in [3.8, 4) is 0 Å². The molecule has 2 aromatic rings. The van der Waals surface area contributed by atoms with Gasteiger partial charge in [0.25, 0.3) is 0 Å². The summed E-state index contributed by atoms with van der Waals surface area (Å²) in [5.41, 5.74) is 0.593. The van der Waals surface area contributed by atoms with Crippen molar-refractivity contribution in [2.45, 2.75) is 23.2 Å². The van der Waals surface area contributed by atoms with Crippen molar-refractivity contribution < 1.29 is 22.3 Å². The first kappa shape index (κ1) is 19.0. The number of sulfonamides is 1. The van der Waals surface area contributed by atoms with Crippen molar-refractivity contribution in [1.29, 1.82) is 0 Å². The number of nitrogens with one attached hydrogen (secondary N) is 1. The van der Waals surface area contributed by atoms with Gasteiger partial charge in [-0.25, -0.2) is 12.8 Å². The molecule has 0 bridgehead atoms. The van der Waals surface area contributed by atoms with Crippen molar-refractivity contribution in [1.82, 2.24) is 4.31 Å². The van der Waals surface area contributed by atoms with Gasteiger partial charge < -0.3 is 10.1 Å². The predicted molar refractivity (Wildman–Crippen MR) is 102 cm³/mol. The zero-order chi connectivity index (χ0) is 19.8. The van der Waals surface area contributed by atoms with E-state index in [0.717, 1.165) is 24.5 Å². The summed E-state index contributed by atoms with van der Waals surface area (Å²) in [5, 5.41) is 2.77.